The lowest BCUT2D eigenvalue weighted by molar-refractivity contribution is -0.174. The smallest absolute Gasteiger partial charge is 0.259 e. The zero-order chi connectivity index (χ0) is 17.3. The minimum atomic E-state index is -0.309. The number of nitrogens with zero attached hydrogens (tertiary/aromatic N) is 3. The van der Waals surface area contributed by atoms with E-state index in [2.05, 4.69) is 10.1 Å². The molecule has 1 spiro atoms. The van der Waals surface area contributed by atoms with Crippen molar-refractivity contribution in [3.63, 3.8) is 0 Å². The molecular weight excluding hydrogens is 322 g/mol. The molecular formula is C18H21N3O4. The van der Waals surface area contributed by atoms with Gasteiger partial charge in [0.05, 0.1) is 25.9 Å². The summed E-state index contributed by atoms with van der Waals surface area (Å²) in [6.45, 7) is 3.72. The maximum atomic E-state index is 12.6. The van der Waals surface area contributed by atoms with Crippen LogP contribution in [0.4, 0.5) is 0 Å². The van der Waals surface area contributed by atoms with E-state index in [1.807, 2.05) is 25.1 Å². The van der Waals surface area contributed by atoms with E-state index in [1.54, 1.807) is 11.1 Å². The van der Waals surface area contributed by atoms with Gasteiger partial charge in [-0.1, -0.05) is 18.1 Å². The van der Waals surface area contributed by atoms with E-state index in [-0.39, 0.29) is 17.6 Å². The maximum absolute atomic E-state index is 12.6. The first-order chi connectivity index (χ1) is 12.2. The molecule has 2 aliphatic rings. The average molecular weight is 343 g/mol. The highest BCUT2D eigenvalue weighted by atomic mass is 16.5. The lowest BCUT2D eigenvalue weighted by Crippen LogP contribution is -2.67. The van der Waals surface area contributed by atoms with Crippen LogP contribution in [0.1, 0.15) is 35.9 Å². The maximum Gasteiger partial charge on any atom is 0.259 e. The van der Waals surface area contributed by atoms with Crippen molar-refractivity contribution in [2.75, 3.05) is 19.7 Å². The second-order valence-electron chi connectivity index (χ2n) is 6.61. The molecule has 4 rings (SSSR count). The van der Waals surface area contributed by atoms with E-state index in [0.717, 1.165) is 12.8 Å². The van der Waals surface area contributed by atoms with Gasteiger partial charge in [0.25, 0.3) is 5.91 Å². The molecule has 0 bridgehead atoms. The Morgan fingerprint density at radius 3 is 3.08 bits per heavy atom. The highest BCUT2D eigenvalue weighted by Gasteiger charge is 2.50. The third-order valence-corrected chi connectivity index (χ3v) is 4.81. The van der Waals surface area contributed by atoms with Crippen molar-refractivity contribution < 1.29 is 18.8 Å². The Morgan fingerprint density at radius 1 is 1.44 bits per heavy atom. The van der Waals surface area contributed by atoms with Gasteiger partial charge in [-0.15, -0.1) is 0 Å². The number of carbonyl (C=O) groups excluding carboxylic acids is 1. The van der Waals surface area contributed by atoms with Crippen molar-refractivity contribution in [3.05, 3.63) is 41.9 Å². The molecule has 2 aliphatic heterocycles. The van der Waals surface area contributed by atoms with Crippen molar-refractivity contribution in [2.45, 2.75) is 37.9 Å². The van der Waals surface area contributed by atoms with E-state index in [0.29, 0.717) is 43.3 Å². The number of aromatic nitrogens is 2. The number of pyridine rings is 1. The number of ether oxygens (including phenoxy) is 2. The number of likely N-dealkylation sites (tertiary alicyclic amines) is 1. The molecule has 1 amide bonds. The van der Waals surface area contributed by atoms with Crippen LogP contribution < -0.4 is 4.74 Å². The van der Waals surface area contributed by atoms with Crippen molar-refractivity contribution in [2.24, 2.45) is 0 Å². The second kappa shape index (κ2) is 6.48. The Balaban J connectivity index is 1.37. The summed E-state index contributed by atoms with van der Waals surface area (Å²) in [7, 11) is 0. The molecule has 7 heteroatoms. The normalized spacial score (nSPS) is 21.8. The third-order valence-electron chi connectivity index (χ3n) is 4.81. The van der Waals surface area contributed by atoms with Crippen LogP contribution in [0.25, 0.3) is 0 Å². The lowest BCUT2D eigenvalue weighted by Gasteiger charge is -2.52. The summed E-state index contributed by atoms with van der Waals surface area (Å²) in [5, 5.41) is 3.74. The molecule has 1 atom stereocenters. The molecule has 132 valence electrons. The van der Waals surface area contributed by atoms with Crippen LogP contribution in [-0.2, 0) is 11.2 Å². The number of rotatable bonds is 4. The predicted molar refractivity (Wildman–Crippen MR) is 88.4 cm³/mol. The van der Waals surface area contributed by atoms with Crippen LogP contribution in [0.15, 0.2) is 35.1 Å². The topological polar surface area (TPSA) is 77.7 Å². The van der Waals surface area contributed by atoms with Gasteiger partial charge in [-0.3, -0.25) is 4.79 Å². The Kier molecular flexibility index (Phi) is 4.17. The highest BCUT2D eigenvalue weighted by molar-refractivity contribution is 5.95. The number of aryl methyl sites for hydroxylation is 1. The highest BCUT2D eigenvalue weighted by Crippen LogP contribution is 2.36. The Labute approximate surface area is 145 Å². The van der Waals surface area contributed by atoms with E-state index in [1.165, 1.54) is 6.20 Å². The first kappa shape index (κ1) is 16.1. The molecule has 1 unspecified atom stereocenters. The predicted octanol–water partition coefficient (Wildman–Crippen LogP) is 2.08. The Hall–Kier alpha value is -2.41. The third kappa shape index (κ3) is 3.11. The van der Waals surface area contributed by atoms with E-state index in [9.17, 15) is 4.79 Å². The number of hydrogen-bond acceptors (Lipinski definition) is 6. The fourth-order valence-corrected chi connectivity index (χ4v) is 3.55. The molecule has 25 heavy (non-hydrogen) atoms. The molecule has 2 aromatic rings. The summed E-state index contributed by atoms with van der Waals surface area (Å²) in [5.74, 6) is 1.22. The molecule has 0 aliphatic carbocycles. The monoisotopic (exact) mass is 343 g/mol. The van der Waals surface area contributed by atoms with Crippen molar-refractivity contribution in [1.82, 2.24) is 15.0 Å². The zero-order valence-electron chi connectivity index (χ0n) is 14.2. The molecule has 0 aromatic carbocycles. The second-order valence-corrected chi connectivity index (χ2v) is 6.61. The van der Waals surface area contributed by atoms with Crippen LogP contribution in [0.5, 0.6) is 5.88 Å². The minimum Gasteiger partial charge on any atom is -0.474 e. The summed E-state index contributed by atoms with van der Waals surface area (Å²) in [6, 6.07) is 5.63. The standard InChI is InChI=1S/C18H21N3O4/c1-2-15-14(10-20-25-15)17(22)21-11-18(12-21)9-13(6-8-23-18)24-16-5-3-4-7-19-16/h3-5,7,10,13H,2,6,8-9,11-12H2,1H3. The fraction of sp³-hybridized carbons (Fsp3) is 0.500. The Bertz CT molecular complexity index is 740. The molecule has 2 aromatic heterocycles. The number of hydrogen-bond donors (Lipinski definition) is 0. The molecule has 2 saturated heterocycles. The van der Waals surface area contributed by atoms with Crippen LogP contribution in [0.2, 0.25) is 0 Å². The number of amides is 1. The van der Waals surface area contributed by atoms with Gasteiger partial charge in [-0.2, -0.15) is 0 Å². The molecule has 2 fully saturated rings. The quantitative estimate of drug-likeness (QED) is 0.846. The van der Waals surface area contributed by atoms with Crippen molar-refractivity contribution in [1.29, 1.82) is 0 Å². The summed E-state index contributed by atoms with van der Waals surface area (Å²) in [5.41, 5.74) is 0.242. The van der Waals surface area contributed by atoms with Gasteiger partial charge in [0.1, 0.15) is 23.0 Å². The lowest BCUT2D eigenvalue weighted by atomic mass is 9.84. The molecule has 0 saturated carbocycles. The van der Waals surface area contributed by atoms with Crippen LogP contribution in [0.3, 0.4) is 0 Å². The van der Waals surface area contributed by atoms with Gasteiger partial charge < -0.3 is 18.9 Å². The first-order valence-electron chi connectivity index (χ1n) is 8.63. The summed E-state index contributed by atoms with van der Waals surface area (Å²) >= 11 is 0. The van der Waals surface area contributed by atoms with Crippen molar-refractivity contribution in [3.8, 4) is 5.88 Å². The zero-order valence-corrected chi connectivity index (χ0v) is 14.2. The minimum absolute atomic E-state index is 0.0416. The van der Waals surface area contributed by atoms with Gasteiger partial charge in [0, 0.05) is 31.5 Å². The molecule has 4 heterocycles. The van der Waals surface area contributed by atoms with Gasteiger partial charge >= 0.3 is 0 Å². The number of carbonyl (C=O) groups is 1. The average Bonchev–Trinajstić information content (AvgIpc) is 3.09. The summed E-state index contributed by atoms with van der Waals surface area (Å²) in [6.07, 6.45) is 5.52. The molecule has 7 nitrogen and oxygen atoms in total. The van der Waals surface area contributed by atoms with Crippen LogP contribution >= 0.6 is 0 Å². The van der Waals surface area contributed by atoms with Crippen LogP contribution in [-0.4, -0.2) is 52.3 Å². The van der Waals surface area contributed by atoms with E-state index < -0.39 is 0 Å². The van der Waals surface area contributed by atoms with Gasteiger partial charge in [0.15, 0.2) is 0 Å². The van der Waals surface area contributed by atoms with E-state index in [4.69, 9.17) is 14.0 Å². The van der Waals surface area contributed by atoms with Crippen molar-refractivity contribution >= 4 is 5.91 Å². The SMILES string of the molecule is CCc1oncc1C(=O)N1CC2(CC(Oc3ccccn3)CCO2)C1. The van der Waals surface area contributed by atoms with Gasteiger partial charge in [-0.05, 0) is 6.07 Å². The first-order valence-corrected chi connectivity index (χ1v) is 8.63. The van der Waals surface area contributed by atoms with E-state index >= 15 is 0 Å². The Morgan fingerprint density at radius 2 is 2.32 bits per heavy atom. The fourth-order valence-electron chi connectivity index (χ4n) is 3.55. The van der Waals surface area contributed by atoms with Crippen LogP contribution in [0, 0.1) is 0 Å². The van der Waals surface area contributed by atoms with Gasteiger partial charge in [0.2, 0.25) is 5.88 Å². The van der Waals surface area contributed by atoms with Gasteiger partial charge in [-0.25, -0.2) is 4.98 Å². The summed E-state index contributed by atoms with van der Waals surface area (Å²) in [4.78, 5) is 18.6. The molecule has 0 radical (unpaired) electrons. The summed E-state index contributed by atoms with van der Waals surface area (Å²) < 4.78 is 17.1. The largest absolute Gasteiger partial charge is 0.474 e. The molecule has 0 N–H and O–H groups in total.